The number of nitrogens with zero attached hydrogens (tertiary/aromatic N) is 2. The second-order valence-electron chi connectivity index (χ2n) is 8.15. The average Bonchev–Trinajstić information content (AvgIpc) is 2.96. The number of carbonyl (C=O) groups excluding carboxylic acids is 2. The molecule has 0 aliphatic carbocycles. The minimum absolute atomic E-state index is 0.149. The number of carbonyl (C=O) groups is 2. The highest BCUT2D eigenvalue weighted by Gasteiger charge is 2.50. The first kappa shape index (κ1) is 21.5. The third-order valence-corrected chi connectivity index (χ3v) is 6.06. The Hall–Kier alpha value is -2.18. The van der Waals surface area contributed by atoms with Crippen LogP contribution in [0.15, 0.2) is 41.5 Å². The fourth-order valence-corrected chi connectivity index (χ4v) is 4.32. The molecule has 2 heterocycles. The molecule has 1 saturated heterocycles. The summed E-state index contributed by atoms with van der Waals surface area (Å²) < 4.78 is 5.73. The molecule has 2 aliphatic heterocycles. The molecule has 2 aliphatic rings. The Morgan fingerprint density at radius 1 is 1.24 bits per heavy atom. The number of amides is 1. The molecular formula is C23H33N3O3. The van der Waals surface area contributed by atoms with Crippen LogP contribution >= 0.6 is 0 Å². The predicted molar refractivity (Wildman–Crippen MR) is 113 cm³/mol. The Labute approximate surface area is 173 Å². The van der Waals surface area contributed by atoms with Crippen molar-refractivity contribution in [1.82, 2.24) is 15.1 Å². The van der Waals surface area contributed by atoms with Crippen LogP contribution in [-0.4, -0.2) is 67.0 Å². The van der Waals surface area contributed by atoms with Gasteiger partial charge in [0.2, 0.25) is 0 Å². The van der Waals surface area contributed by atoms with Gasteiger partial charge < -0.3 is 19.9 Å². The number of likely N-dealkylation sites (tertiary alicyclic amines) is 1. The Balaban J connectivity index is 1.50. The summed E-state index contributed by atoms with van der Waals surface area (Å²) in [5.41, 5.74) is 1.56. The maximum atomic E-state index is 12.9. The van der Waals surface area contributed by atoms with Crippen LogP contribution in [0.1, 0.15) is 38.7 Å². The molecule has 1 fully saturated rings. The van der Waals surface area contributed by atoms with Crippen LogP contribution in [0.5, 0.6) is 0 Å². The first-order valence-electron chi connectivity index (χ1n) is 10.6. The molecular weight excluding hydrogens is 366 g/mol. The quantitative estimate of drug-likeness (QED) is 0.537. The van der Waals surface area contributed by atoms with E-state index >= 15 is 0 Å². The summed E-state index contributed by atoms with van der Waals surface area (Å²) in [6.07, 6.45) is 2.23. The number of benzene rings is 1. The van der Waals surface area contributed by atoms with E-state index in [0.717, 1.165) is 39.1 Å². The lowest BCUT2D eigenvalue weighted by Gasteiger charge is -2.39. The molecule has 3 rings (SSSR count). The SMILES string of the molecule is CCN1CCC2(CC1)OC(=O)C(C)=C2C(=O)NCCCN(C)Cc1ccccc1. The van der Waals surface area contributed by atoms with Gasteiger partial charge in [0.05, 0.1) is 5.57 Å². The molecule has 0 bridgehead atoms. The van der Waals surface area contributed by atoms with Gasteiger partial charge in [0.25, 0.3) is 5.91 Å². The molecule has 29 heavy (non-hydrogen) atoms. The Bertz CT molecular complexity index is 752. The summed E-state index contributed by atoms with van der Waals surface area (Å²) in [4.78, 5) is 29.7. The summed E-state index contributed by atoms with van der Waals surface area (Å²) in [7, 11) is 2.08. The van der Waals surface area contributed by atoms with Gasteiger partial charge in [-0.1, -0.05) is 37.3 Å². The van der Waals surface area contributed by atoms with Gasteiger partial charge in [-0.2, -0.15) is 0 Å². The largest absolute Gasteiger partial charge is 0.450 e. The van der Waals surface area contributed by atoms with Gasteiger partial charge in [-0.3, -0.25) is 4.79 Å². The van der Waals surface area contributed by atoms with Crippen molar-refractivity contribution in [3.05, 3.63) is 47.0 Å². The van der Waals surface area contributed by atoms with Crippen molar-refractivity contribution in [3.63, 3.8) is 0 Å². The van der Waals surface area contributed by atoms with E-state index in [1.807, 2.05) is 18.2 Å². The van der Waals surface area contributed by atoms with Crippen molar-refractivity contribution in [3.8, 4) is 0 Å². The highest BCUT2D eigenvalue weighted by atomic mass is 16.6. The number of piperidine rings is 1. The monoisotopic (exact) mass is 399 g/mol. The van der Waals surface area contributed by atoms with Gasteiger partial charge in [0.15, 0.2) is 0 Å². The fourth-order valence-electron chi connectivity index (χ4n) is 4.32. The molecule has 0 saturated carbocycles. The van der Waals surface area contributed by atoms with E-state index in [1.54, 1.807) is 6.92 Å². The molecule has 1 aromatic rings. The number of esters is 1. The lowest BCUT2D eigenvalue weighted by molar-refractivity contribution is -0.150. The standard InChI is InChI=1S/C23H33N3O3/c1-4-26-15-11-23(12-16-26)20(18(2)22(28)29-23)21(27)24-13-8-14-25(3)17-19-9-6-5-7-10-19/h5-7,9-10H,4,8,11-17H2,1-3H3,(H,24,27). The molecule has 0 unspecified atom stereocenters. The number of hydrogen-bond donors (Lipinski definition) is 1. The second kappa shape index (κ2) is 9.55. The van der Waals surface area contributed by atoms with E-state index < -0.39 is 5.60 Å². The van der Waals surface area contributed by atoms with E-state index in [4.69, 9.17) is 4.74 Å². The van der Waals surface area contributed by atoms with Crippen LogP contribution in [0, 0.1) is 0 Å². The molecule has 0 radical (unpaired) electrons. The minimum atomic E-state index is -0.735. The van der Waals surface area contributed by atoms with Gasteiger partial charge in [-0.25, -0.2) is 4.79 Å². The van der Waals surface area contributed by atoms with Crippen LogP contribution in [0.2, 0.25) is 0 Å². The summed E-state index contributed by atoms with van der Waals surface area (Å²) in [6.45, 7) is 8.87. The van der Waals surface area contributed by atoms with Crippen LogP contribution in [0.4, 0.5) is 0 Å². The molecule has 6 nitrogen and oxygen atoms in total. The molecule has 6 heteroatoms. The minimum Gasteiger partial charge on any atom is -0.450 e. The molecule has 1 amide bonds. The van der Waals surface area contributed by atoms with E-state index in [0.29, 0.717) is 30.5 Å². The van der Waals surface area contributed by atoms with Crippen molar-refractivity contribution in [2.75, 3.05) is 39.8 Å². The highest BCUT2D eigenvalue weighted by Crippen LogP contribution is 2.40. The van der Waals surface area contributed by atoms with Gasteiger partial charge in [0, 0.05) is 44.6 Å². The predicted octanol–water partition coefficient (Wildman–Crippen LogP) is 2.35. The van der Waals surface area contributed by atoms with Crippen molar-refractivity contribution in [2.45, 2.75) is 45.3 Å². The molecule has 1 aromatic carbocycles. The molecule has 0 aromatic heterocycles. The van der Waals surface area contributed by atoms with Crippen molar-refractivity contribution < 1.29 is 14.3 Å². The fraction of sp³-hybridized carbons (Fsp3) is 0.565. The molecule has 1 spiro atoms. The van der Waals surface area contributed by atoms with E-state index in [-0.39, 0.29) is 11.9 Å². The van der Waals surface area contributed by atoms with Gasteiger partial charge in [0.1, 0.15) is 5.60 Å². The first-order valence-corrected chi connectivity index (χ1v) is 10.6. The number of ether oxygens (including phenoxy) is 1. The van der Waals surface area contributed by atoms with E-state index in [2.05, 4.69) is 41.2 Å². The topological polar surface area (TPSA) is 61.9 Å². The second-order valence-corrected chi connectivity index (χ2v) is 8.15. The molecule has 158 valence electrons. The number of nitrogens with one attached hydrogen (secondary N) is 1. The Kier molecular flexibility index (Phi) is 7.09. The normalized spacial score (nSPS) is 19.1. The number of rotatable bonds is 8. The van der Waals surface area contributed by atoms with Gasteiger partial charge >= 0.3 is 5.97 Å². The van der Waals surface area contributed by atoms with Crippen molar-refractivity contribution in [1.29, 1.82) is 0 Å². The first-order chi connectivity index (χ1) is 13.9. The summed E-state index contributed by atoms with van der Waals surface area (Å²) in [6, 6.07) is 10.4. The maximum Gasteiger partial charge on any atom is 0.335 e. The third-order valence-electron chi connectivity index (χ3n) is 6.06. The third kappa shape index (κ3) is 5.06. The lowest BCUT2D eigenvalue weighted by atomic mass is 9.82. The average molecular weight is 400 g/mol. The van der Waals surface area contributed by atoms with Crippen LogP contribution in [0.25, 0.3) is 0 Å². The van der Waals surface area contributed by atoms with Crippen molar-refractivity contribution in [2.24, 2.45) is 0 Å². The zero-order valence-electron chi connectivity index (χ0n) is 17.9. The Morgan fingerprint density at radius 3 is 2.59 bits per heavy atom. The zero-order valence-corrected chi connectivity index (χ0v) is 17.9. The van der Waals surface area contributed by atoms with Crippen LogP contribution < -0.4 is 5.32 Å². The maximum absolute atomic E-state index is 12.9. The van der Waals surface area contributed by atoms with E-state index in [9.17, 15) is 9.59 Å². The highest BCUT2D eigenvalue weighted by molar-refractivity contribution is 6.07. The van der Waals surface area contributed by atoms with E-state index in [1.165, 1.54) is 5.56 Å². The molecule has 0 atom stereocenters. The van der Waals surface area contributed by atoms with Crippen LogP contribution in [0.3, 0.4) is 0 Å². The molecule has 1 N–H and O–H groups in total. The summed E-state index contributed by atoms with van der Waals surface area (Å²) >= 11 is 0. The smallest absolute Gasteiger partial charge is 0.335 e. The van der Waals surface area contributed by atoms with Crippen molar-refractivity contribution >= 4 is 11.9 Å². The van der Waals surface area contributed by atoms with Gasteiger partial charge in [-0.15, -0.1) is 0 Å². The summed E-state index contributed by atoms with van der Waals surface area (Å²) in [5.74, 6) is -0.494. The van der Waals surface area contributed by atoms with Crippen LogP contribution in [-0.2, 0) is 20.9 Å². The Morgan fingerprint density at radius 2 is 1.93 bits per heavy atom. The summed E-state index contributed by atoms with van der Waals surface area (Å²) in [5, 5.41) is 3.02. The van der Waals surface area contributed by atoms with Gasteiger partial charge in [-0.05, 0) is 39.0 Å². The zero-order chi connectivity index (χ0) is 20.9. The number of hydrogen-bond acceptors (Lipinski definition) is 5. The lowest BCUT2D eigenvalue weighted by Crippen LogP contribution is -2.48.